The monoisotopic (exact) mass is 340 g/mol. The maximum absolute atomic E-state index is 9.98. The fraction of sp³-hybridized carbons (Fsp3) is 0.625. The van der Waals surface area contributed by atoms with Gasteiger partial charge in [0.25, 0.3) is 0 Å². The lowest BCUT2D eigenvalue weighted by Gasteiger charge is -2.36. The molecule has 1 aromatic rings. The minimum Gasteiger partial charge on any atom is -0.389 e. The van der Waals surface area contributed by atoms with Crippen molar-refractivity contribution in [1.82, 2.24) is 4.90 Å². The van der Waals surface area contributed by atoms with E-state index < -0.39 is 6.10 Å². The lowest BCUT2D eigenvalue weighted by molar-refractivity contribution is 0.199. The van der Waals surface area contributed by atoms with Crippen molar-refractivity contribution < 1.29 is 5.11 Å². The van der Waals surface area contributed by atoms with Crippen LogP contribution in [0.2, 0.25) is 0 Å². The summed E-state index contributed by atoms with van der Waals surface area (Å²) >= 11 is 3.49. The van der Waals surface area contributed by atoms with E-state index in [1.807, 2.05) is 13.0 Å². The SMILES string of the molecule is CC(O)c1cc(Br)ccc1N1CCC(CN(C)C)CC1. The lowest BCUT2D eigenvalue weighted by atomic mass is 9.95. The average molecular weight is 341 g/mol. The van der Waals surface area contributed by atoms with Crippen molar-refractivity contribution in [3.8, 4) is 0 Å². The zero-order valence-electron chi connectivity index (χ0n) is 12.6. The van der Waals surface area contributed by atoms with Crippen LogP contribution in [0.3, 0.4) is 0 Å². The van der Waals surface area contributed by atoms with Gasteiger partial charge in [0.2, 0.25) is 0 Å². The predicted octanol–water partition coefficient (Wildman–Crippen LogP) is 3.28. The average Bonchev–Trinajstić information content (AvgIpc) is 2.39. The summed E-state index contributed by atoms with van der Waals surface area (Å²) in [6, 6.07) is 6.22. The van der Waals surface area contributed by atoms with Gasteiger partial charge in [0.1, 0.15) is 0 Å². The Hall–Kier alpha value is -0.580. The molecule has 0 bridgehead atoms. The van der Waals surface area contributed by atoms with Crippen molar-refractivity contribution in [2.24, 2.45) is 5.92 Å². The van der Waals surface area contributed by atoms with Crippen LogP contribution in [0.1, 0.15) is 31.4 Å². The normalized spacial score (nSPS) is 18.6. The van der Waals surface area contributed by atoms with Crippen LogP contribution >= 0.6 is 15.9 Å². The summed E-state index contributed by atoms with van der Waals surface area (Å²) in [6.45, 7) is 5.18. The molecule has 1 N–H and O–H groups in total. The first kappa shape index (κ1) is 15.8. The Labute approximate surface area is 130 Å². The number of halogens is 1. The van der Waals surface area contributed by atoms with E-state index in [1.165, 1.54) is 25.1 Å². The predicted molar refractivity (Wildman–Crippen MR) is 88.3 cm³/mol. The molecule has 0 radical (unpaired) electrons. The number of benzene rings is 1. The molecule has 20 heavy (non-hydrogen) atoms. The highest BCUT2D eigenvalue weighted by Crippen LogP contribution is 2.32. The molecule has 4 heteroatoms. The number of aliphatic hydroxyl groups is 1. The molecule has 1 atom stereocenters. The van der Waals surface area contributed by atoms with Crippen LogP contribution < -0.4 is 4.90 Å². The molecule has 0 saturated carbocycles. The van der Waals surface area contributed by atoms with Crippen molar-refractivity contribution >= 4 is 21.6 Å². The Balaban J connectivity index is 2.07. The molecule has 3 nitrogen and oxygen atoms in total. The van der Waals surface area contributed by atoms with Crippen LogP contribution in [0.25, 0.3) is 0 Å². The van der Waals surface area contributed by atoms with Gasteiger partial charge >= 0.3 is 0 Å². The second-order valence-electron chi connectivity index (χ2n) is 6.07. The maximum Gasteiger partial charge on any atom is 0.0782 e. The van der Waals surface area contributed by atoms with Crippen molar-refractivity contribution in [3.05, 3.63) is 28.2 Å². The third-order valence-electron chi connectivity index (χ3n) is 4.02. The number of piperidine rings is 1. The molecule has 1 aromatic carbocycles. The first-order valence-corrected chi connectivity index (χ1v) is 8.14. The summed E-state index contributed by atoms with van der Waals surface area (Å²) in [5, 5.41) is 9.98. The molecule has 2 rings (SSSR count). The molecule has 0 aromatic heterocycles. The van der Waals surface area contributed by atoms with E-state index in [2.05, 4.69) is 52.0 Å². The van der Waals surface area contributed by atoms with Crippen molar-refractivity contribution in [2.45, 2.75) is 25.9 Å². The second-order valence-corrected chi connectivity index (χ2v) is 6.99. The van der Waals surface area contributed by atoms with Crippen LogP contribution in [-0.2, 0) is 0 Å². The molecule has 112 valence electrons. The van der Waals surface area contributed by atoms with Gasteiger partial charge in [-0.3, -0.25) is 0 Å². The van der Waals surface area contributed by atoms with Crippen LogP contribution in [0.4, 0.5) is 5.69 Å². The molecule has 0 spiro atoms. The first-order valence-electron chi connectivity index (χ1n) is 7.34. The molecule has 0 aliphatic carbocycles. The highest BCUT2D eigenvalue weighted by molar-refractivity contribution is 9.10. The number of nitrogens with zero attached hydrogens (tertiary/aromatic N) is 2. The van der Waals surface area contributed by atoms with E-state index >= 15 is 0 Å². The minimum atomic E-state index is -0.429. The first-order chi connectivity index (χ1) is 9.47. The number of anilines is 1. The van der Waals surface area contributed by atoms with Gasteiger partial charge in [-0.05, 0) is 58.0 Å². The molecule has 1 aliphatic heterocycles. The van der Waals surface area contributed by atoms with E-state index in [1.54, 1.807) is 0 Å². The van der Waals surface area contributed by atoms with Gasteiger partial charge < -0.3 is 14.9 Å². The molecule has 1 heterocycles. The summed E-state index contributed by atoms with van der Waals surface area (Å²) in [5.41, 5.74) is 2.21. The van der Waals surface area contributed by atoms with Crippen LogP contribution in [0, 0.1) is 5.92 Å². The number of aliphatic hydroxyl groups excluding tert-OH is 1. The van der Waals surface area contributed by atoms with E-state index in [-0.39, 0.29) is 0 Å². The van der Waals surface area contributed by atoms with Gasteiger partial charge in [-0.25, -0.2) is 0 Å². The van der Waals surface area contributed by atoms with Crippen LogP contribution in [0.15, 0.2) is 22.7 Å². The molecule has 1 fully saturated rings. The quantitative estimate of drug-likeness (QED) is 0.911. The summed E-state index contributed by atoms with van der Waals surface area (Å²) in [7, 11) is 4.29. The zero-order chi connectivity index (χ0) is 14.7. The van der Waals surface area contributed by atoms with Gasteiger partial charge in [-0.15, -0.1) is 0 Å². The van der Waals surface area contributed by atoms with E-state index in [4.69, 9.17) is 0 Å². The molecular weight excluding hydrogens is 316 g/mol. The van der Waals surface area contributed by atoms with Crippen molar-refractivity contribution in [2.75, 3.05) is 38.6 Å². The maximum atomic E-state index is 9.98. The molecule has 1 unspecified atom stereocenters. The van der Waals surface area contributed by atoms with E-state index in [0.717, 1.165) is 29.0 Å². The lowest BCUT2D eigenvalue weighted by Crippen LogP contribution is -2.37. The largest absolute Gasteiger partial charge is 0.389 e. The molecular formula is C16H25BrN2O. The Morgan fingerprint density at radius 2 is 2.00 bits per heavy atom. The third-order valence-corrected chi connectivity index (χ3v) is 4.51. The Kier molecular flexibility index (Phi) is 5.47. The van der Waals surface area contributed by atoms with E-state index in [0.29, 0.717) is 0 Å². The molecule has 1 aliphatic rings. The van der Waals surface area contributed by atoms with Crippen LogP contribution in [0.5, 0.6) is 0 Å². The number of hydrogen-bond donors (Lipinski definition) is 1. The Bertz CT molecular complexity index is 440. The van der Waals surface area contributed by atoms with E-state index in [9.17, 15) is 5.11 Å². The molecule has 0 amide bonds. The Morgan fingerprint density at radius 1 is 1.35 bits per heavy atom. The fourth-order valence-corrected chi connectivity index (χ4v) is 3.40. The van der Waals surface area contributed by atoms with Gasteiger partial charge in [0.15, 0.2) is 0 Å². The highest BCUT2D eigenvalue weighted by atomic mass is 79.9. The zero-order valence-corrected chi connectivity index (χ0v) is 14.2. The smallest absolute Gasteiger partial charge is 0.0782 e. The number of rotatable bonds is 4. The second kappa shape index (κ2) is 6.92. The van der Waals surface area contributed by atoms with Crippen molar-refractivity contribution in [1.29, 1.82) is 0 Å². The summed E-state index contributed by atoms with van der Waals surface area (Å²) < 4.78 is 1.03. The van der Waals surface area contributed by atoms with Crippen molar-refractivity contribution in [3.63, 3.8) is 0 Å². The highest BCUT2D eigenvalue weighted by Gasteiger charge is 2.22. The van der Waals surface area contributed by atoms with Crippen LogP contribution in [-0.4, -0.2) is 43.7 Å². The minimum absolute atomic E-state index is 0.429. The van der Waals surface area contributed by atoms with Gasteiger partial charge in [-0.1, -0.05) is 15.9 Å². The van der Waals surface area contributed by atoms with Gasteiger partial charge in [0, 0.05) is 35.4 Å². The third kappa shape index (κ3) is 3.96. The fourth-order valence-electron chi connectivity index (χ4n) is 3.02. The Morgan fingerprint density at radius 3 is 2.55 bits per heavy atom. The van der Waals surface area contributed by atoms with Gasteiger partial charge in [-0.2, -0.15) is 0 Å². The topological polar surface area (TPSA) is 26.7 Å². The summed E-state index contributed by atoms with van der Waals surface area (Å²) in [4.78, 5) is 4.70. The standard InChI is InChI=1S/C16H25BrN2O/c1-12(20)15-10-14(17)4-5-16(15)19-8-6-13(7-9-19)11-18(2)3/h4-5,10,12-13,20H,6-9,11H2,1-3H3. The van der Waals surface area contributed by atoms with Gasteiger partial charge in [0.05, 0.1) is 6.10 Å². The summed E-state index contributed by atoms with van der Waals surface area (Å²) in [5.74, 6) is 0.798. The molecule has 1 saturated heterocycles. The summed E-state index contributed by atoms with van der Waals surface area (Å²) in [6.07, 6.45) is 2.03. The number of hydrogen-bond acceptors (Lipinski definition) is 3.